The number of Topliss-reactive ketones (excluding diaryl/α,β-unsaturated/α-hetero) is 1. The second-order valence-electron chi connectivity index (χ2n) is 12.7. The number of hydrogen-bond acceptors (Lipinski definition) is 6. The van der Waals surface area contributed by atoms with E-state index in [0.717, 1.165) is 3.57 Å². The minimum atomic E-state index is -1.11. The van der Waals surface area contributed by atoms with E-state index >= 15 is 0 Å². The molecule has 0 saturated carbocycles. The summed E-state index contributed by atoms with van der Waals surface area (Å²) in [7, 11) is 0. The first-order valence-electron chi connectivity index (χ1n) is 14.4. The number of ether oxygens (including phenoxy) is 2. The first kappa shape index (κ1) is 39.3. The zero-order chi connectivity index (χ0) is 34.2. The highest BCUT2D eigenvalue weighted by Crippen LogP contribution is 2.34. The molecular formula is C32H41Br2F2IN2O6. The molecule has 2 aromatic rings. The number of rotatable bonds is 1. The predicted molar refractivity (Wildman–Crippen MR) is 184 cm³/mol. The summed E-state index contributed by atoms with van der Waals surface area (Å²) in [4.78, 5) is 37.6. The van der Waals surface area contributed by atoms with Crippen LogP contribution in [0.15, 0.2) is 45.3 Å². The van der Waals surface area contributed by atoms with Gasteiger partial charge in [-0.15, -0.1) is 0 Å². The first-order valence-corrected chi connectivity index (χ1v) is 17.1. The Morgan fingerprint density at radius 1 is 0.800 bits per heavy atom. The van der Waals surface area contributed by atoms with Crippen molar-refractivity contribution in [1.29, 1.82) is 0 Å². The van der Waals surface area contributed by atoms with E-state index in [2.05, 4.69) is 54.5 Å². The summed E-state index contributed by atoms with van der Waals surface area (Å²) in [6, 6.07) is 9.64. The molecule has 45 heavy (non-hydrogen) atoms. The normalized spacial score (nSPS) is 16.5. The zero-order valence-electron chi connectivity index (χ0n) is 26.4. The number of halogens is 5. The van der Waals surface area contributed by atoms with Gasteiger partial charge in [-0.1, -0.05) is 6.07 Å². The van der Waals surface area contributed by atoms with Crippen LogP contribution in [-0.2, 0) is 19.9 Å². The molecule has 0 spiro atoms. The summed E-state index contributed by atoms with van der Waals surface area (Å²) in [6.45, 7) is 12.7. The first-order chi connectivity index (χ1) is 20.7. The lowest BCUT2D eigenvalue weighted by Crippen LogP contribution is -2.46. The fourth-order valence-corrected chi connectivity index (χ4v) is 5.14. The number of nitrogens with zero attached hydrogens (tertiary/aromatic N) is 2. The highest BCUT2D eigenvalue weighted by molar-refractivity contribution is 14.1. The van der Waals surface area contributed by atoms with E-state index in [9.17, 15) is 28.3 Å². The Balaban J connectivity index is 0.000000261. The lowest BCUT2D eigenvalue weighted by Gasteiger charge is -2.39. The molecule has 2 amide bonds. The van der Waals surface area contributed by atoms with Gasteiger partial charge in [0.2, 0.25) is 0 Å². The van der Waals surface area contributed by atoms with Crippen molar-refractivity contribution >= 4 is 72.4 Å². The van der Waals surface area contributed by atoms with Gasteiger partial charge in [0, 0.05) is 42.6 Å². The number of benzene rings is 2. The van der Waals surface area contributed by atoms with Crippen molar-refractivity contribution < 1.29 is 37.7 Å². The lowest BCUT2D eigenvalue weighted by atomic mass is 9.84. The number of aliphatic hydroxyl groups is 1. The van der Waals surface area contributed by atoms with Gasteiger partial charge in [0.15, 0.2) is 0 Å². The molecule has 0 unspecified atom stereocenters. The summed E-state index contributed by atoms with van der Waals surface area (Å²) in [5.74, 6) is -0.382. The van der Waals surface area contributed by atoms with Gasteiger partial charge in [0.05, 0.1) is 14.5 Å². The van der Waals surface area contributed by atoms with Gasteiger partial charge >= 0.3 is 12.2 Å². The predicted octanol–water partition coefficient (Wildman–Crippen LogP) is 8.59. The molecule has 250 valence electrons. The standard InChI is InChI=1S/C16H21BrFNO3.C10H17NO3.C6H3BrFI/c1-15(2,3)22-14(20)19-8-6-16(21,7-9-19)11-4-5-12(17)13(18)10-11;1-10(2,3)14-9(13)11-6-4-8(12)5-7-11;7-5-2-1-4(9)3-6(5)8/h4-5,10,21H,6-9H2,1-3H3;4-7H2,1-3H3;1-3H. The number of carbonyl (C=O) groups is 3. The average molecular weight is 874 g/mol. The third-order valence-electron chi connectivity index (χ3n) is 6.55. The molecule has 0 bridgehead atoms. The molecule has 4 rings (SSSR count). The number of ketones is 1. The maximum atomic E-state index is 13.7. The Hall–Kier alpha value is -1.84. The summed E-state index contributed by atoms with van der Waals surface area (Å²) >= 11 is 8.21. The van der Waals surface area contributed by atoms with Crippen LogP contribution in [0, 0.1) is 15.2 Å². The van der Waals surface area contributed by atoms with Crippen LogP contribution >= 0.6 is 54.5 Å². The summed E-state index contributed by atoms with van der Waals surface area (Å²) in [5.41, 5.74) is -1.57. The molecule has 0 aliphatic carbocycles. The number of carbonyl (C=O) groups excluding carboxylic acids is 3. The van der Waals surface area contributed by atoms with Crippen LogP contribution in [0.1, 0.15) is 72.8 Å². The maximum Gasteiger partial charge on any atom is 0.410 e. The molecule has 0 radical (unpaired) electrons. The highest BCUT2D eigenvalue weighted by Gasteiger charge is 2.37. The quantitative estimate of drug-likeness (QED) is 0.228. The molecule has 2 aromatic carbocycles. The Morgan fingerprint density at radius 2 is 1.22 bits per heavy atom. The molecular weight excluding hydrogens is 833 g/mol. The van der Waals surface area contributed by atoms with Gasteiger partial charge in [-0.3, -0.25) is 4.79 Å². The summed E-state index contributed by atoms with van der Waals surface area (Å²) < 4.78 is 38.5. The van der Waals surface area contributed by atoms with Crippen molar-refractivity contribution in [3.05, 3.63) is 66.1 Å². The highest BCUT2D eigenvalue weighted by atomic mass is 127. The Morgan fingerprint density at radius 3 is 1.62 bits per heavy atom. The van der Waals surface area contributed by atoms with Gasteiger partial charge in [-0.05, 0) is 145 Å². The van der Waals surface area contributed by atoms with Crippen LogP contribution in [0.4, 0.5) is 18.4 Å². The molecule has 2 fully saturated rings. The van der Waals surface area contributed by atoms with Crippen LogP contribution in [-0.4, -0.2) is 70.3 Å². The van der Waals surface area contributed by atoms with Crippen LogP contribution in [0.25, 0.3) is 0 Å². The van der Waals surface area contributed by atoms with Crippen LogP contribution in [0.5, 0.6) is 0 Å². The Bertz CT molecular complexity index is 1330. The van der Waals surface area contributed by atoms with E-state index in [1.807, 2.05) is 47.6 Å². The van der Waals surface area contributed by atoms with Crippen LogP contribution in [0.3, 0.4) is 0 Å². The van der Waals surface area contributed by atoms with E-state index in [4.69, 9.17) is 9.47 Å². The average Bonchev–Trinajstić information content (AvgIpc) is 2.92. The van der Waals surface area contributed by atoms with E-state index < -0.39 is 22.6 Å². The van der Waals surface area contributed by atoms with E-state index in [-0.39, 0.29) is 23.8 Å². The number of likely N-dealkylation sites (tertiary alicyclic amines) is 2. The van der Waals surface area contributed by atoms with Crippen LogP contribution in [0.2, 0.25) is 0 Å². The monoisotopic (exact) mass is 872 g/mol. The second kappa shape index (κ2) is 16.8. The Kier molecular flexibility index (Phi) is 14.7. The van der Waals surface area contributed by atoms with Gasteiger partial charge in [-0.2, -0.15) is 0 Å². The fourth-order valence-electron chi connectivity index (χ4n) is 4.20. The van der Waals surface area contributed by atoms with E-state index in [1.165, 1.54) is 12.1 Å². The van der Waals surface area contributed by atoms with Crippen molar-refractivity contribution in [2.24, 2.45) is 0 Å². The molecule has 2 heterocycles. The molecule has 1 N–H and O–H groups in total. The molecule has 8 nitrogen and oxygen atoms in total. The maximum absolute atomic E-state index is 13.7. The summed E-state index contributed by atoms with van der Waals surface area (Å²) in [5, 5.41) is 10.7. The smallest absolute Gasteiger partial charge is 0.410 e. The SMILES string of the molecule is CC(C)(C)OC(=O)N1CCC(=O)CC1.CC(C)(C)OC(=O)N1CCC(O)(c2ccc(Br)c(F)c2)CC1.Fc1cc(I)ccc1Br. The van der Waals surface area contributed by atoms with Crippen molar-refractivity contribution in [1.82, 2.24) is 9.80 Å². The molecule has 2 saturated heterocycles. The third kappa shape index (κ3) is 13.8. The van der Waals surface area contributed by atoms with Crippen LogP contribution < -0.4 is 0 Å². The Labute approximate surface area is 294 Å². The molecule has 2 aliphatic heterocycles. The van der Waals surface area contributed by atoms with Gasteiger partial charge in [-0.25, -0.2) is 18.4 Å². The second-order valence-corrected chi connectivity index (χ2v) is 15.6. The van der Waals surface area contributed by atoms with E-state index in [1.54, 1.807) is 28.0 Å². The lowest BCUT2D eigenvalue weighted by molar-refractivity contribution is -0.121. The van der Waals surface area contributed by atoms with Crippen molar-refractivity contribution in [2.75, 3.05) is 26.2 Å². The topological polar surface area (TPSA) is 96.4 Å². The number of hydrogen-bond donors (Lipinski definition) is 1. The minimum Gasteiger partial charge on any atom is -0.444 e. The zero-order valence-corrected chi connectivity index (χ0v) is 31.7. The van der Waals surface area contributed by atoms with Gasteiger partial charge in [0.1, 0.15) is 28.6 Å². The van der Waals surface area contributed by atoms with Crippen molar-refractivity contribution in [3.63, 3.8) is 0 Å². The van der Waals surface area contributed by atoms with Crippen molar-refractivity contribution in [3.8, 4) is 0 Å². The van der Waals surface area contributed by atoms with Gasteiger partial charge in [0.25, 0.3) is 0 Å². The fraction of sp³-hybridized carbons (Fsp3) is 0.531. The molecule has 0 aromatic heterocycles. The molecule has 13 heteroatoms. The molecule has 0 atom stereocenters. The summed E-state index contributed by atoms with van der Waals surface area (Å²) in [6.07, 6.45) is 0.931. The molecule has 2 aliphatic rings. The minimum absolute atomic E-state index is 0.207. The van der Waals surface area contributed by atoms with Gasteiger partial charge < -0.3 is 24.4 Å². The largest absolute Gasteiger partial charge is 0.444 e. The number of piperidine rings is 2. The van der Waals surface area contributed by atoms with E-state index in [0.29, 0.717) is 66.4 Å². The number of amides is 2. The third-order valence-corrected chi connectivity index (χ3v) is 8.51. The van der Waals surface area contributed by atoms with Crippen molar-refractivity contribution in [2.45, 2.75) is 84.0 Å².